The molecule has 0 spiro atoms. The van der Waals surface area contributed by atoms with Crippen LogP contribution in [0, 0.1) is 0 Å². The van der Waals surface area contributed by atoms with Gasteiger partial charge in [0.05, 0.1) is 0 Å². The van der Waals surface area contributed by atoms with E-state index in [1.165, 1.54) is 11.6 Å². The number of anilines is 1. The minimum absolute atomic E-state index is 0.0784. The zero-order valence-corrected chi connectivity index (χ0v) is 17.0. The first-order valence-electron chi connectivity index (χ1n) is 9.37. The maximum atomic E-state index is 11.5. The Balaban J connectivity index is 1.31. The van der Waals surface area contributed by atoms with Crippen LogP contribution in [0.3, 0.4) is 0 Å². The van der Waals surface area contributed by atoms with Gasteiger partial charge >= 0.3 is 0 Å². The molecule has 3 aromatic rings. The van der Waals surface area contributed by atoms with E-state index in [0.29, 0.717) is 0 Å². The van der Waals surface area contributed by atoms with Gasteiger partial charge in [-0.3, -0.25) is 4.90 Å². The molecular weight excluding hydrogens is 386 g/mol. The fraction of sp³-hybridized carbons (Fsp3) is 0.227. The van der Waals surface area contributed by atoms with Crippen LogP contribution in [-0.2, 0) is 16.4 Å². The van der Waals surface area contributed by atoms with E-state index in [1.54, 1.807) is 12.3 Å². The topological polar surface area (TPSA) is 85.5 Å². The number of nitrogen functional groups attached to an aromatic ring is 1. The van der Waals surface area contributed by atoms with Crippen LogP contribution >= 0.6 is 0 Å². The highest BCUT2D eigenvalue weighted by Gasteiger charge is 2.28. The number of benzene rings is 2. The monoisotopic (exact) mass is 409 g/mol. The second-order valence-electron chi connectivity index (χ2n) is 7.36. The highest BCUT2D eigenvalue weighted by atomic mass is 32.2. The van der Waals surface area contributed by atoms with Crippen LogP contribution in [0.4, 0.5) is 5.69 Å². The first-order chi connectivity index (χ1) is 13.9. The van der Waals surface area contributed by atoms with Gasteiger partial charge in [-0.25, -0.2) is 13.4 Å². The van der Waals surface area contributed by atoms with Crippen LogP contribution in [0.15, 0.2) is 71.9 Å². The highest BCUT2D eigenvalue weighted by molar-refractivity contribution is 7.90. The number of aromatic nitrogens is 1. The van der Waals surface area contributed by atoms with Gasteiger partial charge in [-0.1, -0.05) is 24.3 Å². The molecule has 150 valence electrons. The number of hydrogen-bond donors (Lipinski definition) is 1. The fourth-order valence-corrected chi connectivity index (χ4v) is 3.86. The van der Waals surface area contributed by atoms with Gasteiger partial charge in [0.1, 0.15) is 11.9 Å². The van der Waals surface area contributed by atoms with Crippen molar-refractivity contribution in [3.05, 3.63) is 72.4 Å². The van der Waals surface area contributed by atoms with Gasteiger partial charge in [-0.05, 0) is 47.5 Å². The number of ether oxygens (including phenoxy) is 1. The third kappa shape index (κ3) is 4.75. The molecule has 7 heteroatoms. The Kier molecular flexibility index (Phi) is 5.25. The summed E-state index contributed by atoms with van der Waals surface area (Å²) in [5, 5.41) is 0.0784. The Labute approximate surface area is 170 Å². The first-order valence-corrected chi connectivity index (χ1v) is 11.3. The average Bonchev–Trinajstić information content (AvgIpc) is 2.68. The van der Waals surface area contributed by atoms with Crippen molar-refractivity contribution in [2.45, 2.75) is 17.7 Å². The summed E-state index contributed by atoms with van der Waals surface area (Å²) in [6.07, 6.45) is 2.91. The van der Waals surface area contributed by atoms with Gasteiger partial charge in [0, 0.05) is 43.3 Å². The van der Waals surface area contributed by atoms with Crippen molar-refractivity contribution in [1.29, 1.82) is 0 Å². The first kappa shape index (κ1) is 19.4. The molecule has 6 nitrogen and oxygen atoms in total. The van der Waals surface area contributed by atoms with Crippen molar-refractivity contribution in [3.8, 4) is 16.9 Å². The molecule has 0 bridgehead atoms. The molecule has 0 unspecified atom stereocenters. The van der Waals surface area contributed by atoms with Gasteiger partial charge in [0.15, 0.2) is 14.9 Å². The van der Waals surface area contributed by atoms with Crippen molar-refractivity contribution in [1.82, 2.24) is 9.88 Å². The van der Waals surface area contributed by atoms with Gasteiger partial charge in [0.25, 0.3) is 0 Å². The lowest BCUT2D eigenvalue weighted by molar-refractivity contribution is 0.0146. The molecule has 2 heterocycles. The highest BCUT2D eigenvalue weighted by Crippen LogP contribution is 2.25. The number of rotatable bonds is 6. The maximum absolute atomic E-state index is 11.5. The lowest BCUT2D eigenvalue weighted by Gasteiger charge is -2.39. The van der Waals surface area contributed by atoms with Gasteiger partial charge < -0.3 is 10.5 Å². The third-order valence-corrected chi connectivity index (χ3v) is 5.92. The molecule has 4 rings (SSSR count). The normalized spacial score (nSPS) is 15.1. The van der Waals surface area contributed by atoms with E-state index in [1.807, 2.05) is 36.4 Å². The Bertz CT molecular complexity index is 1070. The summed E-state index contributed by atoms with van der Waals surface area (Å²) in [5.74, 6) is 0.826. The van der Waals surface area contributed by atoms with Crippen molar-refractivity contribution in [2.24, 2.45) is 0 Å². The molecule has 1 aromatic heterocycles. The van der Waals surface area contributed by atoms with Crippen LogP contribution < -0.4 is 10.5 Å². The summed E-state index contributed by atoms with van der Waals surface area (Å²) < 4.78 is 29.1. The Morgan fingerprint density at radius 1 is 1.00 bits per heavy atom. The standard InChI is InChI=1S/C22H23N3O3S/c1-29(26,27)22-11-6-18(12-24-22)17-4-9-20(10-5-17)28-21-14-25(15-21)13-16-2-7-19(23)8-3-16/h2-12,21H,13-15,23H2,1H3. The summed E-state index contributed by atoms with van der Waals surface area (Å²) in [6.45, 7) is 2.68. The fourth-order valence-electron chi connectivity index (χ4n) is 3.30. The van der Waals surface area contributed by atoms with Gasteiger partial charge in [-0.15, -0.1) is 0 Å². The lowest BCUT2D eigenvalue weighted by atomic mass is 10.1. The lowest BCUT2D eigenvalue weighted by Crippen LogP contribution is -2.53. The van der Waals surface area contributed by atoms with Crippen LogP contribution in [0.2, 0.25) is 0 Å². The Morgan fingerprint density at radius 3 is 2.24 bits per heavy atom. The molecule has 1 aliphatic heterocycles. The molecule has 2 N–H and O–H groups in total. The molecular formula is C22H23N3O3S. The quantitative estimate of drug-likeness (QED) is 0.630. The third-order valence-electron chi connectivity index (χ3n) is 4.92. The largest absolute Gasteiger partial charge is 0.488 e. The predicted molar refractivity (Wildman–Crippen MR) is 113 cm³/mol. The summed E-state index contributed by atoms with van der Waals surface area (Å²) >= 11 is 0. The number of hydrogen-bond acceptors (Lipinski definition) is 6. The number of nitrogens with zero attached hydrogens (tertiary/aromatic N) is 2. The molecule has 1 aliphatic rings. The SMILES string of the molecule is CS(=O)(=O)c1ccc(-c2ccc(OC3CN(Cc4ccc(N)cc4)C3)cc2)cn1. The number of sulfone groups is 1. The number of pyridine rings is 1. The van der Waals surface area contributed by atoms with E-state index < -0.39 is 9.84 Å². The molecule has 0 atom stereocenters. The second-order valence-corrected chi connectivity index (χ2v) is 9.32. The summed E-state index contributed by atoms with van der Waals surface area (Å²) in [7, 11) is -3.29. The molecule has 2 aromatic carbocycles. The van der Waals surface area contributed by atoms with Crippen LogP contribution in [-0.4, -0.2) is 43.8 Å². The molecule has 0 amide bonds. The van der Waals surface area contributed by atoms with E-state index in [0.717, 1.165) is 48.5 Å². The minimum Gasteiger partial charge on any atom is -0.488 e. The zero-order chi connectivity index (χ0) is 20.4. The second kappa shape index (κ2) is 7.85. The minimum atomic E-state index is -3.29. The van der Waals surface area contributed by atoms with E-state index >= 15 is 0 Å². The number of nitrogens with two attached hydrogens (primary N) is 1. The van der Waals surface area contributed by atoms with Crippen molar-refractivity contribution in [2.75, 3.05) is 25.1 Å². The molecule has 0 saturated carbocycles. The van der Waals surface area contributed by atoms with E-state index in [2.05, 4.69) is 22.0 Å². The zero-order valence-electron chi connectivity index (χ0n) is 16.2. The smallest absolute Gasteiger partial charge is 0.192 e. The van der Waals surface area contributed by atoms with Gasteiger partial charge in [0.2, 0.25) is 0 Å². The molecule has 0 radical (unpaired) electrons. The molecule has 1 saturated heterocycles. The average molecular weight is 410 g/mol. The van der Waals surface area contributed by atoms with Gasteiger partial charge in [-0.2, -0.15) is 0 Å². The summed E-state index contributed by atoms with van der Waals surface area (Å²) in [4.78, 5) is 6.37. The van der Waals surface area contributed by atoms with Crippen LogP contribution in [0.25, 0.3) is 11.1 Å². The van der Waals surface area contributed by atoms with Crippen LogP contribution in [0.5, 0.6) is 5.75 Å². The Hall–Kier alpha value is -2.90. The van der Waals surface area contributed by atoms with E-state index in [4.69, 9.17) is 10.5 Å². The van der Waals surface area contributed by atoms with Crippen LogP contribution in [0.1, 0.15) is 5.56 Å². The van der Waals surface area contributed by atoms with E-state index in [-0.39, 0.29) is 11.1 Å². The number of likely N-dealkylation sites (tertiary alicyclic amines) is 1. The molecule has 1 fully saturated rings. The predicted octanol–water partition coefficient (Wildman–Crippen LogP) is 3.00. The maximum Gasteiger partial charge on any atom is 0.192 e. The molecule has 29 heavy (non-hydrogen) atoms. The van der Waals surface area contributed by atoms with Crippen molar-refractivity contribution in [3.63, 3.8) is 0 Å². The molecule has 0 aliphatic carbocycles. The Morgan fingerprint density at radius 2 is 1.66 bits per heavy atom. The van der Waals surface area contributed by atoms with Crippen molar-refractivity contribution < 1.29 is 13.2 Å². The van der Waals surface area contributed by atoms with E-state index in [9.17, 15) is 8.42 Å². The summed E-state index contributed by atoms with van der Waals surface area (Å²) in [5.41, 5.74) is 9.58. The van der Waals surface area contributed by atoms with Crippen molar-refractivity contribution >= 4 is 15.5 Å². The summed E-state index contributed by atoms with van der Waals surface area (Å²) in [6, 6.07) is 19.0.